The number of hydrogen-bond donors (Lipinski definition) is 1. The molecule has 0 aliphatic heterocycles. The third-order valence-electron chi connectivity index (χ3n) is 8.56. The van der Waals surface area contributed by atoms with E-state index in [4.69, 9.17) is 16.3 Å². The summed E-state index contributed by atoms with van der Waals surface area (Å²) >= 11 is 0. The smallest absolute Gasteiger partial charge is 0.389 e. The van der Waals surface area contributed by atoms with Gasteiger partial charge in [-0.05, 0) is 60.3 Å². The molecule has 4 nitrogen and oxygen atoms in total. The van der Waals surface area contributed by atoms with E-state index in [1.54, 1.807) is 0 Å². The van der Waals surface area contributed by atoms with Gasteiger partial charge in [-0.3, -0.25) is 9.78 Å². The van der Waals surface area contributed by atoms with Gasteiger partial charge in [-0.25, -0.2) is 0 Å². The van der Waals surface area contributed by atoms with E-state index in [1.807, 2.05) is 12.3 Å². The summed E-state index contributed by atoms with van der Waals surface area (Å²) in [5.74, 6) is -7.04. The Morgan fingerprint density at radius 3 is 2.23 bits per heavy atom. The summed E-state index contributed by atoms with van der Waals surface area (Å²) in [4.78, 5) is 16.8. The fourth-order valence-corrected chi connectivity index (χ4v) is 5.99. The zero-order valence-electron chi connectivity index (χ0n) is 36.9. The second-order valence-electron chi connectivity index (χ2n) is 15.1. The number of benzene rings is 3. The molecule has 5 rings (SSSR count). The topological polar surface area (TPSA) is 63.3 Å². The van der Waals surface area contributed by atoms with Gasteiger partial charge >= 0.3 is 6.18 Å². The molecule has 0 bridgehead atoms. The molecular formula is C45H53F3IrNO3-. The molecule has 5 aromatic rings. The first-order valence-electron chi connectivity index (χ1n) is 20.2. The van der Waals surface area contributed by atoms with Gasteiger partial charge in [0.25, 0.3) is 0 Å². The maximum Gasteiger partial charge on any atom is 0.389 e. The average molecular weight is 910 g/mol. The van der Waals surface area contributed by atoms with Crippen LogP contribution in [-0.4, -0.2) is 22.1 Å². The van der Waals surface area contributed by atoms with Gasteiger partial charge in [-0.2, -0.15) is 13.2 Å². The summed E-state index contributed by atoms with van der Waals surface area (Å²) in [5, 5.41) is 13.4. The predicted octanol–water partition coefficient (Wildman–Crippen LogP) is 13.4. The van der Waals surface area contributed by atoms with E-state index in [2.05, 4.69) is 108 Å². The fourth-order valence-electron chi connectivity index (χ4n) is 5.99. The molecule has 0 saturated carbocycles. The minimum absolute atomic E-state index is 0. The molecule has 0 aliphatic carbocycles. The monoisotopic (exact) mass is 910 g/mol. The summed E-state index contributed by atoms with van der Waals surface area (Å²) in [6, 6.07) is 25.8. The number of carbonyl (C=O) groups excluding carboxylic acids is 1. The number of alkyl halides is 3. The predicted molar refractivity (Wildman–Crippen MR) is 207 cm³/mol. The first-order chi connectivity index (χ1) is 26.2. The van der Waals surface area contributed by atoms with Crippen LogP contribution in [0.3, 0.4) is 0 Å². The minimum Gasteiger partial charge on any atom is -0.512 e. The zero-order chi connectivity index (χ0) is 42.9. The van der Waals surface area contributed by atoms with Gasteiger partial charge in [0, 0.05) is 66.3 Å². The summed E-state index contributed by atoms with van der Waals surface area (Å²) in [6.07, 6.45) is -7.66. The Labute approximate surface area is 333 Å². The molecule has 53 heavy (non-hydrogen) atoms. The second kappa shape index (κ2) is 18.1. The van der Waals surface area contributed by atoms with Gasteiger partial charge in [-0.15, -0.1) is 29.1 Å². The van der Waals surface area contributed by atoms with Crippen LogP contribution in [0.25, 0.3) is 44.3 Å². The van der Waals surface area contributed by atoms with Crippen molar-refractivity contribution in [1.29, 1.82) is 0 Å². The van der Waals surface area contributed by atoms with Crippen molar-refractivity contribution in [2.75, 3.05) is 0 Å². The van der Waals surface area contributed by atoms with E-state index in [1.165, 1.54) is 30.4 Å². The standard InChI is InChI=1S/C32H32NO.C13H21F3O2.Ir/c1-31(2,3)20-21-11-12-23-19-30(34-29(23)15-21)24-13-14-33-28(18-24)25-16-22-9-7-8-10-26(22)27(17-25)32(4,5)6;1-4-9(5-2)11(17)7-12(18)10(6-3)8-13(14,15)16;/h7-15,17-19H,20H2,1-6H3;7,9-10,18H,4-6,8H2,1-3H3;/q-1;;/b;12-7-;/i;7D,8D2,9D,10D;. The Morgan fingerprint density at radius 1 is 0.962 bits per heavy atom. The quantitative estimate of drug-likeness (QED) is 0.0861. The molecule has 287 valence electrons. The van der Waals surface area contributed by atoms with E-state index < -0.39 is 48.4 Å². The number of allylic oxidation sites excluding steroid dienone is 2. The van der Waals surface area contributed by atoms with Crippen LogP contribution in [0.4, 0.5) is 13.2 Å². The second-order valence-corrected chi connectivity index (χ2v) is 15.1. The number of pyridine rings is 1. The third-order valence-corrected chi connectivity index (χ3v) is 8.56. The Kier molecular flexibility index (Phi) is 12.3. The summed E-state index contributed by atoms with van der Waals surface area (Å²) in [6.45, 7) is 17.5. The Balaban J connectivity index is 0.000000332. The summed E-state index contributed by atoms with van der Waals surface area (Å²) in [7, 11) is 0. The van der Waals surface area contributed by atoms with Crippen molar-refractivity contribution in [3.05, 3.63) is 102 Å². The van der Waals surface area contributed by atoms with Crippen LogP contribution >= 0.6 is 0 Å². The molecule has 2 heterocycles. The number of fused-ring (bicyclic) bond motifs is 2. The third kappa shape index (κ3) is 12.1. The fraction of sp³-hybridized carbons (Fsp3) is 0.422. The molecule has 1 unspecified atom stereocenters. The molecule has 8 heteroatoms. The number of furan rings is 1. The first kappa shape index (κ1) is 36.2. The minimum atomic E-state index is -5.48. The zero-order valence-corrected chi connectivity index (χ0v) is 34.3. The number of ketones is 1. The first-order valence-corrected chi connectivity index (χ1v) is 17.7. The average Bonchev–Trinajstić information content (AvgIpc) is 3.58. The van der Waals surface area contributed by atoms with Crippen LogP contribution < -0.4 is 0 Å². The normalized spacial score (nSPS) is 15.7. The number of carbonyl (C=O) groups is 1. The Hall–Kier alpha value is -3.74. The molecule has 0 aliphatic rings. The number of aliphatic hydroxyl groups is 1. The number of aliphatic hydroxyl groups excluding tert-OH is 1. The van der Waals surface area contributed by atoms with E-state index in [0.717, 1.165) is 52.3 Å². The maximum atomic E-state index is 12.9. The number of rotatable bonds is 10. The molecule has 3 aromatic carbocycles. The van der Waals surface area contributed by atoms with Crippen molar-refractivity contribution in [2.24, 2.45) is 17.2 Å². The molecule has 1 radical (unpaired) electrons. The van der Waals surface area contributed by atoms with Crippen LogP contribution in [0.1, 0.15) is 106 Å². The number of hydrogen-bond acceptors (Lipinski definition) is 4. The number of aromatic nitrogens is 1. The SMILES string of the molecule is CC(C)(C)Cc1ccc2cc(-c3ccnc(-c4[c-]c5ccccc5c(C(C)(C)C)c4)c3)oc2c1.[2H]/C(C(=O)C([2H])(CC)CC)=C(/O)C([2H])(CC)C([2H])([2H])C(F)(F)F.[Ir]. The van der Waals surface area contributed by atoms with Crippen molar-refractivity contribution in [3.8, 4) is 22.6 Å². The molecular weight excluding hydrogens is 852 g/mol. The van der Waals surface area contributed by atoms with Gasteiger partial charge in [0.15, 0.2) is 5.78 Å². The number of nitrogens with zero attached hydrogens (tertiary/aromatic N) is 1. The van der Waals surface area contributed by atoms with E-state index in [-0.39, 0.29) is 43.8 Å². The van der Waals surface area contributed by atoms with Crippen molar-refractivity contribution < 1.29 is 54.4 Å². The van der Waals surface area contributed by atoms with Crippen LogP contribution in [0, 0.1) is 23.3 Å². The molecule has 0 spiro atoms. The summed E-state index contributed by atoms with van der Waals surface area (Å²) < 4.78 is 82.5. The van der Waals surface area contributed by atoms with Crippen LogP contribution in [0.5, 0.6) is 0 Å². The van der Waals surface area contributed by atoms with E-state index >= 15 is 0 Å². The Bertz CT molecular complexity index is 2270. The van der Waals surface area contributed by atoms with Gasteiger partial charge in [-0.1, -0.05) is 110 Å². The van der Waals surface area contributed by atoms with Gasteiger partial charge in [0.1, 0.15) is 11.3 Å². The van der Waals surface area contributed by atoms with Crippen LogP contribution in [0.2, 0.25) is 0 Å². The van der Waals surface area contributed by atoms with Gasteiger partial charge in [0.05, 0.1) is 13.5 Å². The van der Waals surface area contributed by atoms with Crippen molar-refractivity contribution in [3.63, 3.8) is 0 Å². The van der Waals surface area contributed by atoms with Crippen LogP contribution in [0.15, 0.2) is 89.2 Å². The molecule has 1 atom stereocenters. The molecule has 0 fully saturated rings. The molecule has 0 amide bonds. The van der Waals surface area contributed by atoms with E-state index in [0.29, 0.717) is 0 Å². The molecule has 2 aromatic heterocycles. The largest absolute Gasteiger partial charge is 0.512 e. The molecule has 1 N–H and O–H groups in total. The summed E-state index contributed by atoms with van der Waals surface area (Å²) in [5.41, 5.74) is 6.74. The van der Waals surface area contributed by atoms with Gasteiger partial charge in [0.2, 0.25) is 0 Å². The molecule has 0 saturated heterocycles. The van der Waals surface area contributed by atoms with Crippen LogP contribution in [-0.2, 0) is 36.7 Å². The number of halogens is 3. The van der Waals surface area contributed by atoms with Crippen molar-refractivity contribution in [1.82, 2.24) is 4.98 Å². The Morgan fingerprint density at radius 2 is 1.62 bits per heavy atom. The van der Waals surface area contributed by atoms with Gasteiger partial charge < -0.3 is 9.52 Å². The van der Waals surface area contributed by atoms with Crippen molar-refractivity contribution in [2.45, 2.75) is 106 Å². The van der Waals surface area contributed by atoms with E-state index in [9.17, 15) is 23.1 Å². The van der Waals surface area contributed by atoms with Crippen molar-refractivity contribution >= 4 is 27.5 Å². The maximum absolute atomic E-state index is 12.9.